The number of nitrogens with one attached hydrogen (secondary N) is 1. The van der Waals surface area contributed by atoms with Gasteiger partial charge in [-0.2, -0.15) is 0 Å². The summed E-state index contributed by atoms with van der Waals surface area (Å²) >= 11 is 0. The average Bonchev–Trinajstić information content (AvgIpc) is 3.35. The molecule has 0 bridgehead atoms. The van der Waals surface area contributed by atoms with Crippen molar-refractivity contribution in [2.45, 2.75) is 44.6 Å². The second kappa shape index (κ2) is 6.29. The molecule has 2 aliphatic rings. The first-order valence-electron chi connectivity index (χ1n) is 9.43. The Balaban J connectivity index is 1.54. The monoisotopic (exact) mass is 364 g/mol. The first kappa shape index (κ1) is 16.2. The minimum atomic E-state index is -0.135. The number of carbonyl (C=O) groups excluding carboxylic acids is 1. The molecule has 1 atom stereocenters. The van der Waals surface area contributed by atoms with Crippen LogP contribution in [-0.2, 0) is 12.8 Å². The molecule has 4 heterocycles. The molecule has 8 heteroatoms. The molecule has 0 aromatic carbocycles. The van der Waals surface area contributed by atoms with Crippen LogP contribution >= 0.6 is 0 Å². The lowest BCUT2D eigenvalue weighted by atomic mass is 9.97. The van der Waals surface area contributed by atoms with Crippen molar-refractivity contribution < 1.29 is 4.79 Å². The van der Waals surface area contributed by atoms with E-state index < -0.39 is 0 Å². The van der Waals surface area contributed by atoms with E-state index in [0.717, 1.165) is 55.5 Å². The van der Waals surface area contributed by atoms with Gasteiger partial charge in [-0.15, -0.1) is 0 Å². The van der Waals surface area contributed by atoms with E-state index in [4.69, 9.17) is 4.98 Å². The molecular formula is C19H20N6O2. The van der Waals surface area contributed by atoms with Crippen molar-refractivity contribution in [1.29, 1.82) is 0 Å². The molecule has 3 aromatic heterocycles. The van der Waals surface area contributed by atoms with Crippen LogP contribution in [0.4, 0.5) is 0 Å². The number of H-pyrrole nitrogens is 1. The van der Waals surface area contributed by atoms with Crippen LogP contribution in [-0.4, -0.2) is 41.9 Å². The molecule has 8 nitrogen and oxygen atoms in total. The van der Waals surface area contributed by atoms with Crippen molar-refractivity contribution in [3.63, 3.8) is 0 Å². The summed E-state index contributed by atoms with van der Waals surface area (Å²) in [6.07, 6.45) is 10.1. The summed E-state index contributed by atoms with van der Waals surface area (Å²) in [5, 5.41) is 3.20. The third-order valence-electron chi connectivity index (χ3n) is 5.56. The molecular weight excluding hydrogens is 344 g/mol. The molecule has 1 aliphatic carbocycles. The van der Waals surface area contributed by atoms with E-state index >= 15 is 0 Å². The maximum atomic E-state index is 12.8. The van der Waals surface area contributed by atoms with Crippen LogP contribution < -0.4 is 5.56 Å². The van der Waals surface area contributed by atoms with Gasteiger partial charge in [-0.1, -0.05) is 0 Å². The van der Waals surface area contributed by atoms with Gasteiger partial charge in [0, 0.05) is 30.6 Å². The Morgan fingerprint density at radius 3 is 2.93 bits per heavy atom. The van der Waals surface area contributed by atoms with Gasteiger partial charge in [0.1, 0.15) is 5.69 Å². The van der Waals surface area contributed by atoms with Crippen LogP contribution in [0.15, 0.2) is 29.5 Å². The zero-order valence-corrected chi connectivity index (χ0v) is 14.9. The molecule has 0 unspecified atom stereocenters. The van der Waals surface area contributed by atoms with Crippen molar-refractivity contribution in [3.8, 4) is 0 Å². The van der Waals surface area contributed by atoms with Crippen LogP contribution in [0.5, 0.6) is 0 Å². The van der Waals surface area contributed by atoms with E-state index in [2.05, 4.69) is 15.1 Å². The Labute approximate surface area is 155 Å². The summed E-state index contributed by atoms with van der Waals surface area (Å²) < 4.78 is 1.53. The maximum absolute atomic E-state index is 12.8. The summed E-state index contributed by atoms with van der Waals surface area (Å²) in [5.41, 5.74) is 3.56. The number of fused-ring (bicyclic) bond motifs is 2. The summed E-state index contributed by atoms with van der Waals surface area (Å²) in [6, 6.07) is 1.79. The van der Waals surface area contributed by atoms with Gasteiger partial charge in [-0.3, -0.25) is 19.7 Å². The average molecular weight is 364 g/mol. The van der Waals surface area contributed by atoms with Gasteiger partial charge >= 0.3 is 0 Å². The Bertz CT molecular complexity index is 1070. The van der Waals surface area contributed by atoms with Gasteiger partial charge in [0.15, 0.2) is 5.65 Å². The highest BCUT2D eigenvalue weighted by Gasteiger charge is 2.33. The molecule has 1 amide bonds. The standard InChI is InChI=1S/C19H20N6O2/c26-18-12-4-1-2-5-13(12)22-17-10-14(23-25(17)18)16-6-3-9-24(16)19(27)15-11-20-7-8-21-15/h7-8,10-11,16,23H,1-6,9H2/t16-/m1/s1. The second-order valence-electron chi connectivity index (χ2n) is 7.20. The van der Waals surface area contributed by atoms with E-state index in [1.54, 1.807) is 11.1 Å². The fourth-order valence-electron chi connectivity index (χ4n) is 4.24. The van der Waals surface area contributed by atoms with Crippen molar-refractivity contribution >= 4 is 11.6 Å². The van der Waals surface area contributed by atoms with Gasteiger partial charge in [-0.05, 0) is 38.5 Å². The number of carbonyl (C=O) groups is 1. The van der Waals surface area contributed by atoms with Crippen molar-refractivity contribution in [1.82, 2.24) is 29.5 Å². The number of aryl methyl sites for hydroxylation is 1. The molecule has 1 saturated heterocycles. The summed E-state index contributed by atoms with van der Waals surface area (Å²) in [6.45, 7) is 0.661. The molecule has 1 N–H and O–H groups in total. The van der Waals surface area contributed by atoms with Gasteiger partial charge in [-0.25, -0.2) is 14.5 Å². The van der Waals surface area contributed by atoms with Gasteiger partial charge in [0.05, 0.1) is 23.6 Å². The topological polar surface area (TPSA) is 96.2 Å². The normalized spacial score (nSPS) is 19.4. The summed E-state index contributed by atoms with van der Waals surface area (Å²) in [5.74, 6) is -0.135. The number of amides is 1. The minimum Gasteiger partial charge on any atom is -0.329 e. The van der Waals surface area contributed by atoms with E-state index in [-0.39, 0.29) is 17.5 Å². The quantitative estimate of drug-likeness (QED) is 0.746. The number of rotatable bonds is 2. The lowest BCUT2D eigenvalue weighted by Gasteiger charge is -2.23. The predicted molar refractivity (Wildman–Crippen MR) is 97.5 cm³/mol. The van der Waals surface area contributed by atoms with Crippen molar-refractivity contribution in [2.75, 3.05) is 6.54 Å². The Morgan fingerprint density at radius 2 is 2.07 bits per heavy atom. The SMILES string of the molecule is O=C(c1cnccn1)N1CCC[C@@H]1c1cc2nc3c(c(=O)n2[nH]1)CCCC3. The van der Waals surface area contributed by atoms with E-state index in [1.807, 2.05) is 6.07 Å². The smallest absolute Gasteiger partial charge is 0.276 e. The molecule has 3 aromatic rings. The Morgan fingerprint density at radius 1 is 1.19 bits per heavy atom. The largest absolute Gasteiger partial charge is 0.329 e. The minimum absolute atomic E-state index is 0.00857. The van der Waals surface area contributed by atoms with Gasteiger partial charge in [0.25, 0.3) is 11.5 Å². The molecule has 0 saturated carbocycles. The number of aromatic amines is 1. The predicted octanol–water partition coefficient (Wildman–Crippen LogP) is 1.67. The first-order valence-corrected chi connectivity index (χ1v) is 9.43. The maximum Gasteiger partial charge on any atom is 0.276 e. The highest BCUT2D eigenvalue weighted by atomic mass is 16.2. The lowest BCUT2D eigenvalue weighted by Crippen LogP contribution is -2.31. The first-order chi connectivity index (χ1) is 13.2. The molecule has 27 heavy (non-hydrogen) atoms. The Hall–Kier alpha value is -3.03. The number of likely N-dealkylation sites (tertiary alicyclic amines) is 1. The fourth-order valence-corrected chi connectivity index (χ4v) is 4.24. The van der Waals surface area contributed by atoms with Crippen molar-refractivity contribution in [2.24, 2.45) is 0 Å². The third kappa shape index (κ3) is 2.63. The van der Waals surface area contributed by atoms with Gasteiger partial charge in [0.2, 0.25) is 0 Å². The molecule has 1 aliphatic heterocycles. The third-order valence-corrected chi connectivity index (χ3v) is 5.56. The van der Waals surface area contributed by atoms with Crippen molar-refractivity contribution in [3.05, 3.63) is 57.7 Å². The van der Waals surface area contributed by atoms with E-state index in [1.165, 1.54) is 16.9 Å². The Kier molecular flexibility index (Phi) is 3.77. The van der Waals surface area contributed by atoms with Crippen LogP contribution in [0.1, 0.15) is 59.2 Å². The van der Waals surface area contributed by atoms with E-state index in [9.17, 15) is 9.59 Å². The lowest BCUT2D eigenvalue weighted by molar-refractivity contribution is 0.0726. The highest BCUT2D eigenvalue weighted by molar-refractivity contribution is 5.92. The number of nitrogens with zero attached hydrogens (tertiary/aromatic N) is 5. The fraction of sp³-hybridized carbons (Fsp3) is 0.421. The highest BCUT2D eigenvalue weighted by Crippen LogP contribution is 2.32. The number of aromatic nitrogens is 5. The zero-order chi connectivity index (χ0) is 18.4. The zero-order valence-electron chi connectivity index (χ0n) is 14.9. The van der Waals surface area contributed by atoms with Crippen LogP contribution in [0.2, 0.25) is 0 Å². The van der Waals surface area contributed by atoms with Crippen LogP contribution in [0.25, 0.3) is 5.65 Å². The second-order valence-corrected chi connectivity index (χ2v) is 7.20. The van der Waals surface area contributed by atoms with E-state index in [0.29, 0.717) is 17.9 Å². The molecule has 5 rings (SSSR count). The molecule has 0 radical (unpaired) electrons. The number of hydrogen-bond donors (Lipinski definition) is 1. The summed E-state index contributed by atoms with van der Waals surface area (Å²) in [7, 11) is 0. The van der Waals surface area contributed by atoms with Crippen LogP contribution in [0.3, 0.4) is 0 Å². The molecule has 0 spiro atoms. The molecule has 138 valence electrons. The number of hydrogen-bond acceptors (Lipinski definition) is 5. The molecule has 1 fully saturated rings. The summed E-state index contributed by atoms with van der Waals surface area (Å²) in [4.78, 5) is 40.3. The van der Waals surface area contributed by atoms with Crippen LogP contribution in [0, 0.1) is 0 Å². The van der Waals surface area contributed by atoms with Gasteiger partial charge < -0.3 is 4.90 Å².